The summed E-state index contributed by atoms with van der Waals surface area (Å²) < 4.78 is 1.35. The number of nitrogen functional groups attached to an aromatic ring is 2. The van der Waals surface area contributed by atoms with Gasteiger partial charge in [-0.25, -0.2) is 11.3 Å². The van der Waals surface area contributed by atoms with Crippen molar-refractivity contribution in [3.63, 3.8) is 0 Å². The summed E-state index contributed by atoms with van der Waals surface area (Å²) in [6.07, 6.45) is 16.7. The summed E-state index contributed by atoms with van der Waals surface area (Å²) in [4.78, 5) is 81.8. The smallest absolute Gasteiger partial charge is 0.307 e. The number of benzene rings is 8. The quantitative estimate of drug-likeness (QED) is 0.00414. The molecule has 34 nitrogen and oxygen atoms in total. The molecule has 14 N–H and O–H groups in total. The van der Waals surface area contributed by atoms with Crippen molar-refractivity contribution in [3.8, 4) is 12.1 Å². The summed E-state index contributed by atoms with van der Waals surface area (Å²) in [7, 11) is 0. The summed E-state index contributed by atoms with van der Waals surface area (Å²) >= 11 is 8.39. The second-order valence-electron chi connectivity index (χ2n) is 28.2. The number of unbranched alkanes of at least 4 members (excludes halogenated alkanes) is 2. The first-order valence-corrected chi connectivity index (χ1v) is 42.0. The number of nitro benzene ring substituents is 2. The van der Waals surface area contributed by atoms with Gasteiger partial charge < -0.3 is 48.8 Å². The molecule has 0 aliphatic rings. The second kappa shape index (κ2) is 52.7. The number of halogens is 1. The normalized spacial score (nSPS) is 10.5. The monoisotopic (exact) mass is 1800 g/mol. The van der Waals surface area contributed by atoms with Gasteiger partial charge in [-0.15, -0.1) is 37.1 Å². The van der Waals surface area contributed by atoms with E-state index in [1.165, 1.54) is 46.4 Å². The molecule has 6 aromatic heterocycles. The van der Waals surface area contributed by atoms with Crippen LogP contribution in [0, 0.1) is 70.2 Å². The Labute approximate surface area is 756 Å². The van der Waals surface area contributed by atoms with Crippen LogP contribution in [0.2, 0.25) is 0 Å². The van der Waals surface area contributed by atoms with Gasteiger partial charge in [0.1, 0.15) is 15.8 Å². The molecule has 14 aromatic rings. The second-order valence-corrected chi connectivity index (χ2v) is 30.7. The van der Waals surface area contributed by atoms with Crippen molar-refractivity contribution in [2.45, 2.75) is 137 Å². The Hall–Kier alpha value is -15.8. The summed E-state index contributed by atoms with van der Waals surface area (Å²) in [5.74, 6) is -0.335. The van der Waals surface area contributed by atoms with E-state index in [0.29, 0.717) is 58.2 Å². The van der Waals surface area contributed by atoms with E-state index in [4.69, 9.17) is 56.7 Å². The van der Waals surface area contributed by atoms with Crippen LogP contribution in [0.3, 0.4) is 0 Å². The van der Waals surface area contributed by atoms with Gasteiger partial charge in [0, 0.05) is 82.0 Å². The van der Waals surface area contributed by atoms with E-state index in [0.717, 1.165) is 156 Å². The Balaban J connectivity index is 0.000000218. The molecule has 3 amide bonds. The zero-order chi connectivity index (χ0) is 92.3. The number of rotatable bonds is 28. The van der Waals surface area contributed by atoms with Gasteiger partial charge >= 0.3 is 5.97 Å². The number of aliphatic carboxylic acids is 1. The van der Waals surface area contributed by atoms with E-state index in [9.17, 15) is 44.2 Å². The molecule has 6 heterocycles. The molecule has 0 bridgehead atoms. The fourth-order valence-electron chi connectivity index (χ4n) is 12.4. The van der Waals surface area contributed by atoms with Crippen LogP contribution >= 0.6 is 34.3 Å². The Morgan fingerprint density at radius 1 is 0.566 bits per heavy atom. The molecule has 664 valence electrons. The number of anilines is 4. The molecule has 37 heteroatoms. The SMILES string of the molecule is C.Cc1c(CC#N)cccc1[N+](=O)[O-].Cc1c(CCl)cccc1[N+](=O)[O-].Cc1c(N)cccc1CC#N.N/C(=C\C=C(/N)NC(=O)Cc1ccccc1)CCCCc1nnc(N)s1.O=C(Cc1ccccc1)Nc1ccc(CCCCc2nnc(NC(=O)Cc3cccc4[nH]ncc34)s2)nn1.O=C(O)Cc1cccc2[nH]ncc12.[C-]#[N+]Cc1cccc2c1cnn2C(C)=O. The molecule has 0 saturated carbocycles. The Morgan fingerprint density at radius 3 is 1.64 bits per heavy atom. The van der Waals surface area contributed by atoms with Gasteiger partial charge in [0.05, 0.1) is 101 Å². The van der Waals surface area contributed by atoms with E-state index in [2.05, 4.69) is 83.0 Å². The first-order chi connectivity index (χ1) is 61.7. The number of nitrogens with two attached hydrogens (primary N) is 4. The minimum absolute atomic E-state index is 0. The number of H-pyrrole nitrogens is 2. The number of alkyl halides is 1. The molecular formula is C92H97ClN24O10S2. The van der Waals surface area contributed by atoms with Gasteiger partial charge in [0.2, 0.25) is 40.4 Å². The van der Waals surface area contributed by atoms with Crippen molar-refractivity contribution < 1.29 is 38.9 Å². The lowest BCUT2D eigenvalue weighted by Crippen LogP contribution is -2.28. The summed E-state index contributed by atoms with van der Waals surface area (Å²) in [5, 5.41) is 102. The number of carboxylic acids is 1. The number of amides is 3. The van der Waals surface area contributed by atoms with Crippen LogP contribution < -0.4 is 38.9 Å². The summed E-state index contributed by atoms with van der Waals surface area (Å²) in [6.45, 7) is 13.9. The third-order valence-electron chi connectivity index (χ3n) is 19.0. The maximum Gasteiger partial charge on any atom is 0.307 e. The number of aromatic amines is 2. The zero-order valence-electron chi connectivity index (χ0n) is 70.4. The van der Waals surface area contributed by atoms with E-state index in [1.807, 2.05) is 146 Å². The van der Waals surface area contributed by atoms with Crippen LogP contribution in [0.25, 0.3) is 37.6 Å². The van der Waals surface area contributed by atoms with Gasteiger partial charge in [-0.2, -0.15) is 30.9 Å². The number of hydrogen-bond acceptors (Lipinski definition) is 26. The number of carboxylic acid groups (broad SMARTS) is 1. The first kappa shape index (κ1) is 100. The summed E-state index contributed by atoms with van der Waals surface area (Å²) in [5.41, 5.74) is 37.3. The molecule has 0 unspecified atom stereocenters. The number of nitrogens with zero attached hydrogens (tertiary/aromatic N) is 15. The predicted octanol–water partition coefficient (Wildman–Crippen LogP) is 16.2. The van der Waals surface area contributed by atoms with Crippen LogP contribution in [0.5, 0.6) is 0 Å². The minimum atomic E-state index is -0.825. The number of aromatic nitrogens is 12. The van der Waals surface area contributed by atoms with Crippen molar-refractivity contribution in [3.05, 3.63) is 333 Å². The molecule has 129 heavy (non-hydrogen) atoms. The topological polar surface area (TPSA) is 536 Å². The number of allylic oxidation sites excluding steroid dienone is 3. The van der Waals surface area contributed by atoms with Crippen LogP contribution in [0.15, 0.2) is 224 Å². The van der Waals surface area contributed by atoms with Crippen molar-refractivity contribution in [1.82, 2.24) is 66.1 Å². The molecule has 0 aliphatic heterocycles. The number of hydrogen-bond donors (Lipinski definition) is 10. The molecule has 8 aromatic carbocycles. The minimum Gasteiger partial charge on any atom is -0.481 e. The van der Waals surface area contributed by atoms with Gasteiger partial charge in [-0.05, 0) is 152 Å². The van der Waals surface area contributed by atoms with Gasteiger partial charge in [-0.3, -0.25) is 54.4 Å². The summed E-state index contributed by atoms with van der Waals surface area (Å²) in [6, 6.07) is 58.9. The highest BCUT2D eigenvalue weighted by molar-refractivity contribution is 7.15. The number of carbonyl (C=O) groups excluding carboxylic acids is 4. The largest absolute Gasteiger partial charge is 0.481 e. The van der Waals surface area contributed by atoms with Crippen LogP contribution in [0.1, 0.15) is 128 Å². The highest BCUT2D eigenvalue weighted by atomic mass is 35.5. The Morgan fingerprint density at radius 2 is 1.09 bits per heavy atom. The van der Waals surface area contributed by atoms with Crippen molar-refractivity contribution in [1.29, 1.82) is 10.5 Å². The third kappa shape index (κ3) is 33.0. The molecule has 0 atom stereocenters. The maximum absolute atomic E-state index is 12.5. The average Bonchev–Trinajstić information content (AvgIpc) is 1.63. The molecule has 0 saturated heterocycles. The van der Waals surface area contributed by atoms with Gasteiger partial charge in [0.15, 0.2) is 5.82 Å². The van der Waals surface area contributed by atoms with Gasteiger partial charge in [0.25, 0.3) is 11.4 Å². The number of carbonyl (C=O) groups is 5. The fourth-order valence-corrected chi connectivity index (χ4v) is 14.1. The van der Waals surface area contributed by atoms with Crippen LogP contribution in [-0.2, 0) is 89.4 Å². The molecule has 0 radical (unpaired) electrons. The molecule has 14 rings (SSSR count). The Kier molecular flexibility index (Phi) is 41.0. The highest BCUT2D eigenvalue weighted by Crippen LogP contribution is 2.27. The molecule has 0 spiro atoms. The number of nitrogens with one attached hydrogen (secondary N) is 5. The number of aryl methyl sites for hydroxylation is 3. The average molecular weight is 1800 g/mol. The third-order valence-corrected chi connectivity index (χ3v) is 21.0. The highest BCUT2D eigenvalue weighted by Gasteiger charge is 2.18. The number of fused-ring (bicyclic) bond motifs is 3. The maximum atomic E-state index is 12.5. The van der Waals surface area contributed by atoms with Crippen LogP contribution in [-0.4, -0.2) is 105 Å². The van der Waals surface area contributed by atoms with Crippen molar-refractivity contribution >= 4 is 130 Å². The molecule has 0 aliphatic carbocycles. The predicted molar refractivity (Wildman–Crippen MR) is 500 cm³/mol. The van der Waals surface area contributed by atoms with Crippen molar-refractivity contribution in [2.75, 3.05) is 22.1 Å². The van der Waals surface area contributed by atoms with E-state index < -0.39 is 15.8 Å². The number of nitriles is 2. The molecular weight excluding hydrogens is 1700 g/mol. The fraction of sp³-hybridized carbons (Fsp3) is 0.228. The lowest BCUT2D eigenvalue weighted by Gasteiger charge is -2.05. The lowest BCUT2D eigenvalue weighted by atomic mass is 10.0. The zero-order valence-corrected chi connectivity index (χ0v) is 72.7. The first-order valence-electron chi connectivity index (χ1n) is 39.8. The lowest BCUT2D eigenvalue weighted by molar-refractivity contribution is -0.385. The van der Waals surface area contributed by atoms with E-state index in [1.54, 1.807) is 81.0 Å². The standard InChI is InChI=1S/C27H26N8O2S.C18H24N6OS.C11H9N3O.2C9H8N2O2.C9H10N2.C8H8ClNO2.CH4/c36-24(15-18-7-2-1-3-8-18)29-23-14-13-20(31-33-23)10-4-5-12-26-34-35-27(38-26)30-25(37)16-19-9-6-11-22-21(19)17-28-32-22;19-14(8-4-5-9-17-23-24-18(21)26-17)10-11-15(20)22-16(25)12-13-6-2-1-3-7-13;1-8(15)14-11-5-3-4-9(6-12-2)10(11)7-13-14;12-9(13)4-6-2-1-3-8-7(6)5-10-11-8;1-7-8(5-6-10)3-2-4-9(7)11(12)13;1-7-8(5-6-10)3-2-4-9(7)11;1-6-7(5-9)3-2-4-8(6)10(11)12;/h1-3,6-9,11,13-14,17H,4-5,10,12,15-16H2,(H,28,32)(H,29,33,36)(H,30,35,37);1-3,6-7,10-11H,4-5,8-9,12,19-20H2,(H2,21,24)(H,22,25);3-5,7H,6H2,1H3;1-3,5H,4H2,(H,10,11)(H,12,13);2-4H,5H2,1H3;2-4H,5,11H2,1H3;2-4H,5H2,1H3;1H4/b;14-10-,15-11+;;;;;;. The van der Waals surface area contributed by atoms with Crippen molar-refractivity contribution in [2.24, 2.45) is 11.5 Å². The van der Waals surface area contributed by atoms with Gasteiger partial charge in [-0.1, -0.05) is 164 Å². The Bertz CT molecular complexity index is 6290. The van der Waals surface area contributed by atoms with E-state index in [-0.39, 0.29) is 73.9 Å². The van der Waals surface area contributed by atoms with Crippen LogP contribution in [0.4, 0.5) is 33.1 Å². The molecule has 0 fully saturated rings. The van der Waals surface area contributed by atoms with E-state index >= 15 is 0 Å². The number of nitro groups is 2.